The van der Waals surface area contributed by atoms with Crippen molar-refractivity contribution in [2.75, 3.05) is 0 Å². The average molecular weight is 439 g/mol. The molecule has 1 N–H and O–H groups in total. The van der Waals surface area contributed by atoms with Gasteiger partial charge in [-0.1, -0.05) is 0 Å². The van der Waals surface area contributed by atoms with E-state index in [1.54, 1.807) is 6.07 Å². The van der Waals surface area contributed by atoms with Crippen LogP contribution < -0.4 is 17.8 Å². The monoisotopic (exact) mass is 440 g/mol. The molecule has 1 nitrogen and oxygen atoms in total. The molecule has 0 bridgehead atoms. The van der Waals surface area contributed by atoms with Crippen LogP contribution in [-0.2, 0) is 0 Å². The van der Waals surface area contributed by atoms with E-state index < -0.39 is 0 Å². The Labute approximate surface area is 147 Å². The van der Waals surface area contributed by atoms with Gasteiger partial charge in [-0.25, -0.2) is 0 Å². The summed E-state index contributed by atoms with van der Waals surface area (Å²) in [6, 6.07) is 24.3. The minimum atomic E-state index is 0.0808. The van der Waals surface area contributed by atoms with Crippen molar-refractivity contribution in [3.05, 3.63) is 77.8 Å². The zero-order chi connectivity index (χ0) is 15.4. The van der Waals surface area contributed by atoms with Gasteiger partial charge in [0.2, 0.25) is 0 Å². The van der Waals surface area contributed by atoms with Gasteiger partial charge in [0.1, 0.15) is 0 Å². The fourth-order valence-corrected chi connectivity index (χ4v) is 6.36. The van der Waals surface area contributed by atoms with Gasteiger partial charge in [-0.2, -0.15) is 0 Å². The number of benzene rings is 3. The third kappa shape index (κ3) is 3.95. The van der Waals surface area contributed by atoms with Gasteiger partial charge in [-0.3, -0.25) is 0 Å². The predicted molar refractivity (Wildman–Crippen MR) is 96.0 cm³/mol. The number of hydrogen-bond donors (Lipinski definition) is 1. The Kier molecular flexibility index (Phi) is 5.25. The molecule has 0 heterocycles. The summed E-state index contributed by atoms with van der Waals surface area (Å²) in [6.45, 7) is 0. The first-order chi connectivity index (χ1) is 10.7. The Morgan fingerprint density at radius 2 is 1.18 bits per heavy atom. The van der Waals surface area contributed by atoms with Crippen LogP contribution in [0.15, 0.2) is 72.8 Å². The second-order valence-corrected chi connectivity index (χ2v) is 9.67. The van der Waals surface area contributed by atoms with E-state index in [0.717, 1.165) is 8.92 Å². The Hall–Kier alpha value is -1.21. The Balaban J connectivity index is 1.90. The van der Waals surface area contributed by atoms with Gasteiger partial charge >= 0.3 is 148 Å². The fraction of sp³-hybridized carbons (Fsp3) is 0. The standard InChI is InChI=1S/C18H13ClOSe2/c19-15-11-16(20)18(22-14-9-5-2-6-10-14)12-17(15)21-13-7-3-1-4-8-13/h1-12,20H. The second kappa shape index (κ2) is 7.37. The average Bonchev–Trinajstić information content (AvgIpc) is 2.54. The van der Waals surface area contributed by atoms with Crippen molar-refractivity contribution < 1.29 is 5.11 Å². The Bertz CT molecular complexity index is 698. The quantitative estimate of drug-likeness (QED) is 0.610. The number of phenolic OH excluding ortho intramolecular Hbond substituents is 1. The maximum absolute atomic E-state index is 10.2. The molecule has 4 heteroatoms. The zero-order valence-electron chi connectivity index (χ0n) is 11.6. The molecule has 3 rings (SSSR count). The third-order valence-corrected chi connectivity index (χ3v) is 7.97. The van der Waals surface area contributed by atoms with Gasteiger partial charge in [0.05, 0.1) is 0 Å². The SMILES string of the molecule is Oc1cc(Cl)c([Se]c2ccccc2)cc1[Se]c1ccccc1. The second-order valence-electron chi connectivity index (χ2n) is 4.58. The van der Waals surface area contributed by atoms with Crippen molar-refractivity contribution in [2.45, 2.75) is 0 Å². The minimum absolute atomic E-state index is 0.0808. The van der Waals surface area contributed by atoms with Crippen LogP contribution in [0.2, 0.25) is 5.02 Å². The van der Waals surface area contributed by atoms with Gasteiger partial charge in [0, 0.05) is 0 Å². The molecule has 0 saturated heterocycles. The van der Waals surface area contributed by atoms with E-state index in [2.05, 4.69) is 30.3 Å². The molecule has 0 saturated carbocycles. The molecule has 0 atom stereocenters. The predicted octanol–water partition coefficient (Wildman–Crippen LogP) is 1.36. The molecule has 0 amide bonds. The van der Waals surface area contributed by atoms with Crippen molar-refractivity contribution in [2.24, 2.45) is 0 Å². The molecule has 0 spiro atoms. The summed E-state index contributed by atoms with van der Waals surface area (Å²) >= 11 is 6.54. The van der Waals surface area contributed by atoms with E-state index in [1.807, 2.05) is 36.4 Å². The van der Waals surface area contributed by atoms with Gasteiger partial charge in [0.15, 0.2) is 0 Å². The van der Waals surface area contributed by atoms with Crippen molar-refractivity contribution in [3.63, 3.8) is 0 Å². The molecule has 3 aromatic carbocycles. The van der Waals surface area contributed by atoms with Gasteiger partial charge in [-0.05, 0) is 0 Å². The Morgan fingerprint density at radius 1 is 0.682 bits per heavy atom. The number of hydrogen-bond acceptors (Lipinski definition) is 1. The molecule has 0 aliphatic heterocycles. The molecule has 22 heavy (non-hydrogen) atoms. The van der Waals surface area contributed by atoms with Crippen LogP contribution in [0.5, 0.6) is 5.75 Å². The molecule has 0 aliphatic carbocycles. The van der Waals surface area contributed by atoms with E-state index in [-0.39, 0.29) is 29.9 Å². The summed E-state index contributed by atoms with van der Waals surface area (Å²) in [5.74, 6) is 0.293. The molecular weight excluding hydrogens is 426 g/mol. The van der Waals surface area contributed by atoms with Crippen molar-refractivity contribution in [1.29, 1.82) is 0 Å². The summed E-state index contributed by atoms with van der Waals surface area (Å²) in [7, 11) is 0. The molecular formula is C18H13ClOSe2. The van der Waals surface area contributed by atoms with Gasteiger partial charge < -0.3 is 0 Å². The topological polar surface area (TPSA) is 20.2 Å². The third-order valence-electron chi connectivity index (χ3n) is 2.96. The zero-order valence-corrected chi connectivity index (χ0v) is 15.8. The van der Waals surface area contributed by atoms with Crippen LogP contribution in [0.4, 0.5) is 0 Å². The molecule has 0 aliphatic rings. The van der Waals surface area contributed by atoms with E-state index >= 15 is 0 Å². The van der Waals surface area contributed by atoms with Gasteiger partial charge in [-0.15, -0.1) is 0 Å². The van der Waals surface area contributed by atoms with Crippen LogP contribution >= 0.6 is 11.6 Å². The van der Waals surface area contributed by atoms with E-state index in [4.69, 9.17) is 11.6 Å². The van der Waals surface area contributed by atoms with Crippen LogP contribution in [0, 0.1) is 0 Å². The first-order valence-electron chi connectivity index (χ1n) is 6.71. The van der Waals surface area contributed by atoms with Crippen molar-refractivity contribution >= 4 is 59.4 Å². The fourth-order valence-electron chi connectivity index (χ4n) is 1.92. The number of halogens is 1. The molecule has 110 valence electrons. The van der Waals surface area contributed by atoms with Crippen LogP contribution in [0.25, 0.3) is 0 Å². The van der Waals surface area contributed by atoms with Crippen molar-refractivity contribution in [1.82, 2.24) is 0 Å². The van der Waals surface area contributed by atoms with E-state index in [9.17, 15) is 5.11 Å². The summed E-state index contributed by atoms with van der Waals surface area (Å²) < 4.78 is 4.62. The van der Waals surface area contributed by atoms with Gasteiger partial charge in [0.25, 0.3) is 0 Å². The first-order valence-corrected chi connectivity index (χ1v) is 10.5. The maximum atomic E-state index is 10.2. The molecule has 3 aromatic rings. The number of rotatable bonds is 4. The first kappa shape index (κ1) is 15.7. The van der Waals surface area contributed by atoms with Crippen LogP contribution in [-0.4, -0.2) is 35.0 Å². The summed E-state index contributed by atoms with van der Waals surface area (Å²) in [5.41, 5.74) is 0. The number of phenols is 1. The normalized spacial score (nSPS) is 10.6. The van der Waals surface area contributed by atoms with E-state index in [0.29, 0.717) is 10.8 Å². The number of aromatic hydroxyl groups is 1. The molecule has 0 fully saturated rings. The van der Waals surface area contributed by atoms with E-state index in [1.165, 1.54) is 8.92 Å². The molecule has 0 radical (unpaired) electrons. The Morgan fingerprint density at radius 3 is 1.73 bits per heavy atom. The van der Waals surface area contributed by atoms with Crippen LogP contribution in [0.3, 0.4) is 0 Å². The summed E-state index contributed by atoms with van der Waals surface area (Å²) in [5, 5.41) is 10.8. The summed E-state index contributed by atoms with van der Waals surface area (Å²) in [6.07, 6.45) is 0. The van der Waals surface area contributed by atoms with Crippen molar-refractivity contribution in [3.8, 4) is 5.75 Å². The molecule has 0 unspecified atom stereocenters. The molecule has 0 aromatic heterocycles. The van der Waals surface area contributed by atoms with Crippen LogP contribution in [0.1, 0.15) is 0 Å². The summed E-state index contributed by atoms with van der Waals surface area (Å²) in [4.78, 5) is 0.